The summed E-state index contributed by atoms with van der Waals surface area (Å²) in [6.45, 7) is 2.15. The van der Waals surface area contributed by atoms with Gasteiger partial charge in [0.15, 0.2) is 5.82 Å². The highest BCUT2D eigenvalue weighted by molar-refractivity contribution is 5.74. The molecule has 0 radical (unpaired) electrons. The van der Waals surface area contributed by atoms with E-state index in [2.05, 4.69) is 15.1 Å². The number of para-hydroxylation sites is 1. The first-order valence-electron chi connectivity index (χ1n) is 8.85. The minimum absolute atomic E-state index is 0.222. The number of phenols is 1. The summed E-state index contributed by atoms with van der Waals surface area (Å²) in [6.07, 6.45) is 4.14. The van der Waals surface area contributed by atoms with Crippen molar-refractivity contribution >= 4 is 11.5 Å². The van der Waals surface area contributed by atoms with Gasteiger partial charge in [-0.3, -0.25) is 0 Å². The lowest BCUT2D eigenvalue weighted by molar-refractivity contribution is 0.109. The number of nitrogens with zero attached hydrogens (tertiary/aromatic N) is 3. The van der Waals surface area contributed by atoms with Gasteiger partial charge in [-0.05, 0) is 61.1 Å². The Bertz CT molecular complexity index is 789. The Morgan fingerprint density at radius 2 is 1.92 bits per heavy atom. The van der Waals surface area contributed by atoms with Crippen molar-refractivity contribution in [1.29, 1.82) is 0 Å². The minimum Gasteiger partial charge on any atom is -0.507 e. The average molecular weight is 322 g/mol. The molecule has 2 aliphatic carbocycles. The number of hydrogen-bond acceptors (Lipinski definition) is 5. The molecule has 24 heavy (non-hydrogen) atoms. The normalized spacial score (nSPS) is 30.8. The van der Waals surface area contributed by atoms with Crippen molar-refractivity contribution in [2.45, 2.75) is 19.3 Å². The predicted molar refractivity (Wildman–Crippen MR) is 93.6 cm³/mol. The second-order valence-electron chi connectivity index (χ2n) is 7.68. The SMILES string of the molecule is Nc1nnc(-c2ccccc2O)cc1N1CC2CC3CC(C1)C3C2. The number of nitrogen functional groups attached to an aromatic ring is 1. The van der Waals surface area contributed by atoms with E-state index in [4.69, 9.17) is 5.73 Å². The standard InChI is InChI=1S/C19H22N4O/c20-19-17(8-16(21-22-19)14-3-1-2-4-18(14)24)23-9-11-5-12-7-13(10-23)15(12)6-11/h1-4,8,11-13,15,24H,5-7,9-10H2,(H2,20,22). The summed E-state index contributed by atoms with van der Waals surface area (Å²) in [5.41, 5.74) is 8.52. The van der Waals surface area contributed by atoms with Crippen LogP contribution in [0.5, 0.6) is 5.75 Å². The molecular weight excluding hydrogens is 300 g/mol. The fourth-order valence-electron chi connectivity index (χ4n) is 5.18. The maximum absolute atomic E-state index is 10.1. The summed E-state index contributed by atoms with van der Waals surface area (Å²) < 4.78 is 0. The van der Waals surface area contributed by atoms with Crippen LogP contribution in [0.3, 0.4) is 0 Å². The van der Waals surface area contributed by atoms with Crippen LogP contribution in [0.1, 0.15) is 19.3 Å². The van der Waals surface area contributed by atoms with E-state index in [-0.39, 0.29) is 5.75 Å². The van der Waals surface area contributed by atoms with Gasteiger partial charge in [0, 0.05) is 18.7 Å². The van der Waals surface area contributed by atoms with Crippen molar-refractivity contribution in [3.05, 3.63) is 30.3 Å². The van der Waals surface area contributed by atoms with Crippen LogP contribution >= 0.6 is 0 Å². The Labute approximate surface area is 141 Å². The lowest BCUT2D eigenvalue weighted by atomic mass is 9.66. The molecule has 4 atom stereocenters. The Morgan fingerprint density at radius 1 is 1.04 bits per heavy atom. The number of phenolic OH excluding ortho intramolecular Hbond substituents is 1. The molecule has 1 aliphatic heterocycles. The van der Waals surface area contributed by atoms with E-state index in [0.29, 0.717) is 17.1 Å². The molecular formula is C19H22N4O. The predicted octanol–water partition coefficient (Wildman–Crippen LogP) is 2.91. The Hall–Kier alpha value is -2.30. The Balaban J connectivity index is 1.51. The van der Waals surface area contributed by atoms with Crippen molar-refractivity contribution in [2.75, 3.05) is 23.7 Å². The molecule has 1 aromatic heterocycles. The summed E-state index contributed by atoms with van der Waals surface area (Å²) in [5.74, 6) is 4.24. The zero-order valence-corrected chi connectivity index (χ0v) is 13.6. The summed E-state index contributed by atoms with van der Waals surface area (Å²) in [4.78, 5) is 2.41. The molecule has 3 aliphatic rings. The summed E-state index contributed by atoms with van der Waals surface area (Å²) >= 11 is 0. The quantitative estimate of drug-likeness (QED) is 0.889. The van der Waals surface area contributed by atoms with Gasteiger partial charge in [0.05, 0.1) is 11.4 Å². The van der Waals surface area contributed by atoms with Crippen molar-refractivity contribution < 1.29 is 5.11 Å². The maximum atomic E-state index is 10.1. The minimum atomic E-state index is 0.222. The van der Waals surface area contributed by atoms with Crippen LogP contribution in [0.15, 0.2) is 30.3 Å². The number of benzene rings is 1. The second kappa shape index (κ2) is 5.10. The highest BCUT2D eigenvalue weighted by atomic mass is 16.3. The number of rotatable bonds is 2. The molecule has 5 rings (SSSR count). The summed E-state index contributed by atoms with van der Waals surface area (Å²) in [5, 5.41) is 18.5. The van der Waals surface area contributed by atoms with Crippen LogP contribution < -0.4 is 10.6 Å². The van der Waals surface area contributed by atoms with Crippen molar-refractivity contribution in [1.82, 2.24) is 10.2 Å². The van der Waals surface area contributed by atoms with Gasteiger partial charge >= 0.3 is 0 Å². The van der Waals surface area contributed by atoms with Gasteiger partial charge < -0.3 is 15.7 Å². The molecule has 2 saturated carbocycles. The molecule has 0 spiro atoms. The lowest BCUT2D eigenvalue weighted by Gasteiger charge is -2.44. The first-order chi connectivity index (χ1) is 11.7. The van der Waals surface area contributed by atoms with E-state index in [1.54, 1.807) is 6.07 Å². The van der Waals surface area contributed by atoms with Crippen LogP contribution in [-0.2, 0) is 0 Å². The number of aromatic nitrogens is 2. The smallest absolute Gasteiger partial charge is 0.169 e. The number of hydrogen-bond donors (Lipinski definition) is 2. The zero-order valence-electron chi connectivity index (χ0n) is 13.6. The molecule has 1 aromatic carbocycles. The van der Waals surface area contributed by atoms with E-state index in [1.165, 1.54) is 19.3 Å². The van der Waals surface area contributed by atoms with Crippen LogP contribution in [0.4, 0.5) is 11.5 Å². The first kappa shape index (κ1) is 14.1. The van der Waals surface area contributed by atoms with Gasteiger partial charge in [0.1, 0.15) is 5.75 Å². The summed E-state index contributed by atoms with van der Waals surface area (Å²) in [7, 11) is 0. The molecule has 3 fully saturated rings. The van der Waals surface area contributed by atoms with E-state index >= 15 is 0 Å². The lowest BCUT2D eigenvalue weighted by Crippen LogP contribution is -2.43. The molecule has 2 bridgehead atoms. The largest absolute Gasteiger partial charge is 0.507 e. The molecule has 0 amide bonds. The number of nitrogens with two attached hydrogens (primary N) is 1. The van der Waals surface area contributed by atoms with Gasteiger partial charge in [0.2, 0.25) is 0 Å². The van der Waals surface area contributed by atoms with Crippen molar-refractivity contribution in [3.8, 4) is 17.0 Å². The average Bonchev–Trinajstić information content (AvgIpc) is 2.78. The van der Waals surface area contributed by atoms with Gasteiger partial charge in [-0.15, -0.1) is 10.2 Å². The fraction of sp³-hybridized carbons (Fsp3) is 0.474. The monoisotopic (exact) mass is 322 g/mol. The Morgan fingerprint density at radius 3 is 2.79 bits per heavy atom. The third-order valence-corrected chi connectivity index (χ3v) is 6.31. The zero-order chi connectivity index (χ0) is 16.3. The Kier molecular flexibility index (Phi) is 2.99. The molecule has 4 unspecified atom stereocenters. The number of fused-ring (bicyclic) bond motifs is 1. The summed E-state index contributed by atoms with van der Waals surface area (Å²) in [6, 6.07) is 9.23. The highest BCUT2D eigenvalue weighted by Crippen LogP contribution is 2.56. The fourth-order valence-corrected chi connectivity index (χ4v) is 5.18. The third kappa shape index (κ3) is 2.07. The van der Waals surface area contributed by atoms with E-state index in [0.717, 1.165) is 42.4 Å². The molecule has 3 N–H and O–H groups in total. The molecule has 2 aromatic rings. The van der Waals surface area contributed by atoms with Crippen LogP contribution in [0.2, 0.25) is 0 Å². The van der Waals surface area contributed by atoms with E-state index in [1.807, 2.05) is 24.3 Å². The van der Waals surface area contributed by atoms with Gasteiger partial charge in [0.25, 0.3) is 0 Å². The van der Waals surface area contributed by atoms with Gasteiger partial charge in [-0.1, -0.05) is 12.1 Å². The maximum Gasteiger partial charge on any atom is 0.169 e. The number of anilines is 2. The number of aromatic hydroxyl groups is 1. The van der Waals surface area contributed by atoms with Crippen LogP contribution in [0.25, 0.3) is 11.3 Å². The molecule has 124 valence electrons. The van der Waals surface area contributed by atoms with Gasteiger partial charge in [-0.25, -0.2) is 0 Å². The molecule has 2 heterocycles. The molecule has 5 nitrogen and oxygen atoms in total. The second-order valence-corrected chi connectivity index (χ2v) is 7.68. The van der Waals surface area contributed by atoms with Crippen LogP contribution in [-0.4, -0.2) is 28.4 Å². The van der Waals surface area contributed by atoms with E-state index in [9.17, 15) is 5.11 Å². The molecule has 1 saturated heterocycles. The van der Waals surface area contributed by atoms with Crippen LogP contribution in [0, 0.1) is 23.7 Å². The molecule has 5 heteroatoms. The third-order valence-electron chi connectivity index (χ3n) is 6.31. The van der Waals surface area contributed by atoms with E-state index < -0.39 is 0 Å². The first-order valence-corrected chi connectivity index (χ1v) is 8.85. The highest BCUT2D eigenvalue weighted by Gasteiger charge is 2.50. The van der Waals surface area contributed by atoms with Crippen molar-refractivity contribution in [2.24, 2.45) is 23.7 Å². The van der Waals surface area contributed by atoms with Crippen molar-refractivity contribution in [3.63, 3.8) is 0 Å². The topological polar surface area (TPSA) is 75.3 Å². The van der Waals surface area contributed by atoms with Gasteiger partial charge in [-0.2, -0.15) is 0 Å².